The van der Waals surface area contributed by atoms with Gasteiger partial charge in [-0.05, 0) is 60.2 Å². The highest BCUT2D eigenvalue weighted by Crippen LogP contribution is 2.38. The number of halogens is 3. The number of fused-ring (bicyclic) bond motifs is 1. The van der Waals surface area contributed by atoms with E-state index >= 15 is 0 Å². The topological polar surface area (TPSA) is 34.1 Å². The first-order chi connectivity index (χ1) is 14.2. The molecule has 0 radical (unpaired) electrons. The van der Waals surface area contributed by atoms with Gasteiger partial charge in [0, 0.05) is 17.0 Å². The molecular formula is C25H19F3O2. The smallest absolute Gasteiger partial charge is 0.295 e. The first-order valence-corrected chi connectivity index (χ1v) is 9.67. The number of ketones is 2. The minimum Gasteiger partial charge on any atom is -0.295 e. The molecule has 0 saturated carbocycles. The molecule has 0 aliphatic heterocycles. The van der Waals surface area contributed by atoms with Gasteiger partial charge in [-0.1, -0.05) is 48.5 Å². The monoisotopic (exact) mass is 408 g/mol. The van der Waals surface area contributed by atoms with Gasteiger partial charge < -0.3 is 0 Å². The molecule has 0 bridgehead atoms. The summed E-state index contributed by atoms with van der Waals surface area (Å²) in [7, 11) is 0. The standard InChI is InChI=1S/C25H19F3O2/c1-15(29)17-6-2-5-16(11-17)12-19-14-23-21(9-4-10-22(23)24(19)30)18-7-3-8-20(13-18)25(26,27)28/h2-11,13,19H,12,14H2,1H3. The van der Waals surface area contributed by atoms with Crippen LogP contribution in [0.3, 0.4) is 0 Å². The molecule has 0 amide bonds. The van der Waals surface area contributed by atoms with E-state index in [1.807, 2.05) is 6.07 Å². The van der Waals surface area contributed by atoms with Crippen LogP contribution in [-0.2, 0) is 19.0 Å². The lowest BCUT2D eigenvalue weighted by Crippen LogP contribution is -2.12. The summed E-state index contributed by atoms with van der Waals surface area (Å²) in [4.78, 5) is 24.6. The fourth-order valence-electron chi connectivity index (χ4n) is 4.10. The summed E-state index contributed by atoms with van der Waals surface area (Å²) < 4.78 is 39.4. The highest BCUT2D eigenvalue weighted by atomic mass is 19.4. The van der Waals surface area contributed by atoms with Crippen LogP contribution in [0.1, 0.15) is 44.3 Å². The molecule has 0 spiro atoms. The zero-order valence-corrected chi connectivity index (χ0v) is 16.3. The summed E-state index contributed by atoms with van der Waals surface area (Å²) in [5, 5.41) is 0. The summed E-state index contributed by atoms with van der Waals surface area (Å²) in [6.45, 7) is 1.50. The van der Waals surface area contributed by atoms with E-state index < -0.39 is 11.7 Å². The van der Waals surface area contributed by atoms with Crippen LogP contribution in [-0.4, -0.2) is 11.6 Å². The number of carbonyl (C=O) groups excluding carboxylic acids is 2. The van der Waals surface area contributed by atoms with Gasteiger partial charge in [-0.25, -0.2) is 0 Å². The lowest BCUT2D eigenvalue weighted by atomic mass is 9.93. The fourth-order valence-corrected chi connectivity index (χ4v) is 4.10. The van der Waals surface area contributed by atoms with Crippen molar-refractivity contribution < 1.29 is 22.8 Å². The van der Waals surface area contributed by atoms with Crippen LogP contribution in [0, 0.1) is 5.92 Å². The summed E-state index contributed by atoms with van der Waals surface area (Å²) in [6.07, 6.45) is -3.48. The Morgan fingerprint density at radius 2 is 1.67 bits per heavy atom. The van der Waals surface area contributed by atoms with Gasteiger partial charge in [0.2, 0.25) is 0 Å². The Morgan fingerprint density at radius 1 is 0.967 bits per heavy atom. The molecule has 1 aliphatic carbocycles. The minimum atomic E-state index is -4.42. The second-order valence-electron chi connectivity index (χ2n) is 7.64. The van der Waals surface area contributed by atoms with Crippen LogP contribution in [0.15, 0.2) is 66.7 Å². The third kappa shape index (κ3) is 3.80. The van der Waals surface area contributed by atoms with Gasteiger partial charge in [0.1, 0.15) is 0 Å². The van der Waals surface area contributed by atoms with Gasteiger partial charge in [0.25, 0.3) is 0 Å². The van der Waals surface area contributed by atoms with Gasteiger partial charge in [-0.2, -0.15) is 13.2 Å². The van der Waals surface area contributed by atoms with E-state index in [9.17, 15) is 22.8 Å². The number of rotatable bonds is 4. The quantitative estimate of drug-likeness (QED) is 0.484. The average molecular weight is 408 g/mol. The van der Waals surface area contributed by atoms with Crippen molar-refractivity contribution in [2.75, 3.05) is 0 Å². The third-order valence-corrected chi connectivity index (χ3v) is 5.58. The zero-order valence-electron chi connectivity index (χ0n) is 16.3. The van der Waals surface area contributed by atoms with Crippen LogP contribution in [0.2, 0.25) is 0 Å². The molecule has 0 heterocycles. The Kier molecular flexibility index (Phi) is 5.06. The molecular weight excluding hydrogens is 389 g/mol. The molecule has 0 saturated heterocycles. The molecule has 3 aromatic rings. The van der Waals surface area contributed by atoms with E-state index in [0.29, 0.717) is 35.1 Å². The Balaban J connectivity index is 1.66. The first kappa shape index (κ1) is 20.1. The number of hydrogen-bond donors (Lipinski definition) is 0. The molecule has 2 nitrogen and oxygen atoms in total. The van der Waals surface area contributed by atoms with Gasteiger partial charge >= 0.3 is 6.18 Å². The van der Waals surface area contributed by atoms with Crippen molar-refractivity contribution in [2.45, 2.75) is 25.9 Å². The van der Waals surface area contributed by atoms with Crippen molar-refractivity contribution in [1.82, 2.24) is 0 Å². The predicted octanol–water partition coefficient (Wildman–Crippen LogP) is 6.17. The van der Waals surface area contributed by atoms with Crippen LogP contribution < -0.4 is 0 Å². The van der Waals surface area contributed by atoms with Gasteiger partial charge in [-0.3, -0.25) is 9.59 Å². The molecule has 3 aromatic carbocycles. The molecule has 30 heavy (non-hydrogen) atoms. The number of alkyl halides is 3. The van der Waals surface area contributed by atoms with E-state index in [-0.39, 0.29) is 17.5 Å². The maximum atomic E-state index is 13.1. The van der Waals surface area contributed by atoms with E-state index in [0.717, 1.165) is 23.3 Å². The van der Waals surface area contributed by atoms with Gasteiger partial charge in [0.05, 0.1) is 5.56 Å². The molecule has 1 atom stereocenters. The van der Waals surface area contributed by atoms with Crippen molar-refractivity contribution in [1.29, 1.82) is 0 Å². The number of carbonyl (C=O) groups is 2. The Bertz CT molecular complexity index is 1150. The molecule has 4 rings (SSSR count). The normalized spacial score (nSPS) is 15.9. The van der Waals surface area contributed by atoms with Gasteiger partial charge in [0.15, 0.2) is 11.6 Å². The fraction of sp³-hybridized carbons (Fsp3) is 0.200. The highest BCUT2D eigenvalue weighted by molar-refractivity contribution is 6.04. The summed E-state index contributed by atoms with van der Waals surface area (Å²) in [5.74, 6) is -0.342. The second kappa shape index (κ2) is 7.56. The molecule has 152 valence electrons. The molecule has 5 heteroatoms. The third-order valence-electron chi connectivity index (χ3n) is 5.58. The molecule has 1 aliphatic rings. The lowest BCUT2D eigenvalue weighted by molar-refractivity contribution is -0.137. The van der Waals surface area contributed by atoms with Crippen molar-refractivity contribution in [3.63, 3.8) is 0 Å². The van der Waals surface area contributed by atoms with Crippen LogP contribution in [0.5, 0.6) is 0 Å². The Hall–Kier alpha value is -3.21. The lowest BCUT2D eigenvalue weighted by Gasteiger charge is -2.12. The Labute approximate surface area is 172 Å². The summed E-state index contributed by atoms with van der Waals surface area (Å²) in [6, 6.07) is 17.6. The maximum absolute atomic E-state index is 13.1. The van der Waals surface area contributed by atoms with E-state index in [1.165, 1.54) is 13.0 Å². The van der Waals surface area contributed by atoms with Crippen molar-refractivity contribution in [3.8, 4) is 11.1 Å². The first-order valence-electron chi connectivity index (χ1n) is 9.67. The van der Waals surface area contributed by atoms with E-state index in [1.54, 1.807) is 42.5 Å². The van der Waals surface area contributed by atoms with Gasteiger partial charge in [-0.15, -0.1) is 0 Å². The zero-order chi connectivity index (χ0) is 21.5. The Morgan fingerprint density at radius 3 is 2.40 bits per heavy atom. The highest BCUT2D eigenvalue weighted by Gasteiger charge is 2.34. The van der Waals surface area contributed by atoms with Crippen molar-refractivity contribution in [3.05, 3.63) is 94.5 Å². The van der Waals surface area contributed by atoms with E-state index in [4.69, 9.17) is 0 Å². The number of benzene rings is 3. The molecule has 0 fully saturated rings. The SMILES string of the molecule is CC(=O)c1cccc(CC2Cc3c(cccc3-c3cccc(C(F)(F)F)c3)C2=O)c1. The summed E-state index contributed by atoms with van der Waals surface area (Å²) in [5.41, 5.74) is 3.25. The van der Waals surface area contributed by atoms with Crippen LogP contribution in [0.4, 0.5) is 13.2 Å². The molecule has 0 N–H and O–H groups in total. The summed E-state index contributed by atoms with van der Waals surface area (Å²) >= 11 is 0. The molecule has 1 unspecified atom stereocenters. The second-order valence-corrected chi connectivity index (χ2v) is 7.64. The number of Topliss-reactive ketones (excluding diaryl/α,β-unsaturated/α-hetero) is 2. The van der Waals surface area contributed by atoms with Crippen molar-refractivity contribution in [2.24, 2.45) is 5.92 Å². The molecule has 0 aromatic heterocycles. The van der Waals surface area contributed by atoms with Crippen LogP contribution >= 0.6 is 0 Å². The largest absolute Gasteiger partial charge is 0.416 e. The van der Waals surface area contributed by atoms with Crippen LogP contribution in [0.25, 0.3) is 11.1 Å². The van der Waals surface area contributed by atoms with Crippen molar-refractivity contribution >= 4 is 11.6 Å². The van der Waals surface area contributed by atoms with E-state index in [2.05, 4.69) is 0 Å². The maximum Gasteiger partial charge on any atom is 0.416 e. The predicted molar refractivity (Wildman–Crippen MR) is 109 cm³/mol. The minimum absolute atomic E-state index is 0.00736. The average Bonchev–Trinajstić information content (AvgIpc) is 3.03. The number of hydrogen-bond acceptors (Lipinski definition) is 2.